The third kappa shape index (κ3) is 2.75. The molecule has 0 aromatic heterocycles. The molecule has 0 aliphatic carbocycles. The molecule has 0 saturated heterocycles. The minimum atomic E-state index is -0.856. The zero-order valence-electron chi connectivity index (χ0n) is 10.1. The van der Waals surface area contributed by atoms with E-state index >= 15 is 0 Å². The summed E-state index contributed by atoms with van der Waals surface area (Å²) < 4.78 is 0. The van der Waals surface area contributed by atoms with Crippen molar-refractivity contribution in [3.05, 3.63) is 35.9 Å². The Morgan fingerprint density at radius 3 is 2.31 bits per heavy atom. The number of rotatable bonds is 4. The van der Waals surface area contributed by atoms with Gasteiger partial charge in [0, 0.05) is 6.04 Å². The molecule has 2 unspecified atom stereocenters. The number of hydrogen-bond acceptors (Lipinski definition) is 1. The summed E-state index contributed by atoms with van der Waals surface area (Å²) in [6.45, 7) is 5.86. The highest BCUT2D eigenvalue weighted by Gasteiger charge is 2.24. The molecular formula is C13H19NO2. The van der Waals surface area contributed by atoms with Gasteiger partial charge in [-0.05, 0) is 25.8 Å². The van der Waals surface area contributed by atoms with Gasteiger partial charge in [-0.2, -0.15) is 0 Å². The Labute approximate surface area is 96.7 Å². The highest BCUT2D eigenvalue weighted by Crippen LogP contribution is 2.23. The summed E-state index contributed by atoms with van der Waals surface area (Å²) in [6, 6.07) is 9.66. The van der Waals surface area contributed by atoms with Crippen molar-refractivity contribution in [3.8, 4) is 0 Å². The van der Waals surface area contributed by atoms with Gasteiger partial charge in [0.1, 0.15) is 0 Å². The molecule has 88 valence electrons. The standard InChI is InChI=1S/C13H19NO2/c1-4-10(2)14(13(15)16)11(3)12-8-6-5-7-9-12/h5-11H,4H2,1-3H3,(H,15,16). The Morgan fingerprint density at radius 2 is 1.88 bits per heavy atom. The average molecular weight is 221 g/mol. The number of amides is 1. The Balaban J connectivity index is 2.92. The molecule has 1 aromatic rings. The Kier molecular flexibility index (Phi) is 4.35. The number of carbonyl (C=O) groups is 1. The zero-order chi connectivity index (χ0) is 12.1. The molecule has 16 heavy (non-hydrogen) atoms. The molecule has 0 aliphatic rings. The van der Waals surface area contributed by atoms with Crippen LogP contribution in [0.1, 0.15) is 38.8 Å². The van der Waals surface area contributed by atoms with E-state index < -0.39 is 6.09 Å². The summed E-state index contributed by atoms with van der Waals surface area (Å²) in [6.07, 6.45) is -0.0329. The summed E-state index contributed by atoms with van der Waals surface area (Å²) in [5, 5.41) is 9.23. The van der Waals surface area contributed by atoms with E-state index in [9.17, 15) is 9.90 Å². The number of nitrogens with zero attached hydrogens (tertiary/aromatic N) is 1. The van der Waals surface area contributed by atoms with Crippen LogP contribution in [-0.4, -0.2) is 22.1 Å². The van der Waals surface area contributed by atoms with Crippen molar-refractivity contribution >= 4 is 6.09 Å². The molecule has 3 heteroatoms. The second kappa shape index (κ2) is 5.54. The van der Waals surface area contributed by atoms with E-state index in [2.05, 4.69) is 0 Å². The second-order valence-electron chi connectivity index (χ2n) is 4.03. The van der Waals surface area contributed by atoms with E-state index in [1.807, 2.05) is 51.1 Å². The predicted molar refractivity (Wildman–Crippen MR) is 64.5 cm³/mol. The molecule has 2 atom stereocenters. The number of hydrogen-bond donors (Lipinski definition) is 1. The summed E-state index contributed by atoms with van der Waals surface area (Å²) in [5.74, 6) is 0. The highest BCUT2D eigenvalue weighted by atomic mass is 16.4. The first-order chi connectivity index (χ1) is 7.57. The van der Waals surface area contributed by atoms with Crippen LogP contribution in [0.2, 0.25) is 0 Å². The Bertz CT molecular complexity index is 337. The van der Waals surface area contributed by atoms with E-state index in [4.69, 9.17) is 0 Å². The largest absolute Gasteiger partial charge is 0.465 e. The van der Waals surface area contributed by atoms with Crippen molar-refractivity contribution in [2.24, 2.45) is 0 Å². The van der Waals surface area contributed by atoms with Crippen LogP contribution in [0.4, 0.5) is 4.79 Å². The summed E-state index contributed by atoms with van der Waals surface area (Å²) >= 11 is 0. The molecule has 0 aliphatic heterocycles. The quantitative estimate of drug-likeness (QED) is 0.845. The van der Waals surface area contributed by atoms with E-state index in [0.29, 0.717) is 0 Å². The van der Waals surface area contributed by atoms with Gasteiger partial charge in [-0.15, -0.1) is 0 Å². The number of benzene rings is 1. The fraction of sp³-hybridized carbons (Fsp3) is 0.462. The maximum Gasteiger partial charge on any atom is 0.408 e. The van der Waals surface area contributed by atoms with Crippen molar-refractivity contribution in [3.63, 3.8) is 0 Å². The van der Waals surface area contributed by atoms with Crippen LogP contribution >= 0.6 is 0 Å². The molecule has 0 saturated carbocycles. The van der Waals surface area contributed by atoms with Crippen LogP contribution in [0.15, 0.2) is 30.3 Å². The average Bonchev–Trinajstić information content (AvgIpc) is 2.29. The summed E-state index contributed by atoms with van der Waals surface area (Å²) in [5.41, 5.74) is 1.03. The molecule has 0 fully saturated rings. The zero-order valence-corrected chi connectivity index (χ0v) is 10.1. The van der Waals surface area contributed by atoms with Gasteiger partial charge in [0.15, 0.2) is 0 Å². The lowest BCUT2D eigenvalue weighted by atomic mass is 10.1. The SMILES string of the molecule is CCC(C)N(C(=O)O)C(C)c1ccccc1. The van der Waals surface area contributed by atoms with Crippen LogP contribution in [0.25, 0.3) is 0 Å². The van der Waals surface area contributed by atoms with E-state index in [1.165, 1.54) is 4.90 Å². The Hall–Kier alpha value is -1.51. The van der Waals surface area contributed by atoms with Gasteiger partial charge in [-0.3, -0.25) is 4.90 Å². The van der Waals surface area contributed by atoms with Crippen LogP contribution in [0, 0.1) is 0 Å². The van der Waals surface area contributed by atoms with Gasteiger partial charge >= 0.3 is 6.09 Å². The van der Waals surface area contributed by atoms with Crippen molar-refractivity contribution in [2.75, 3.05) is 0 Å². The van der Waals surface area contributed by atoms with Crippen LogP contribution in [0.3, 0.4) is 0 Å². The molecule has 3 nitrogen and oxygen atoms in total. The van der Waals surface area contributed by atoms with Crippen molar-refractivity contribution in [1.82, 2.24) is 4.90 Å². The summed E-state index contributed by atoms with van der Waals surface area (Å²) in [7, 11) is 0. The lowest BCUT2D eigenvalue weighted by molar-refractivity contribution is 0.106. The normalized spacial score (nSPS) is 14.2. The van der Waals surface area contributed by atoms with E-state index in [0.717, 1.165) is 12.0 Å². The first kappa shape index (κ1) is 12.6. The van der Waals surface area contributed by atoms with Crippen molar-refractivity contribution in [1.29, 1.82) is 0 Å². The molecule has 1 aromatic carbocycles. The third-order valence-corrected chi connectivity index (χ3v) is 2.99. The highest BCUT2D eigenvalue weighted by molar-refractivity contribution is 5.66. The molecular weight excluding hydrogens is 202 g/mol. The van der Waals surface area contributed by atoms with Crippen LogP contribution in [0.5, 0.6) is 0 Å². The van der Waals surface area contributed by atoms with Crippen LogP contribution in [-0.2, 0) is 0 Å². The molecule has 1 rings (SSSR count). The molecule has 0 heterocycles. The van der Waals surface area contributed by atoms with E-state index in [1.54, 1.807) is 0 Å². The monoisotopic (exact) mass is 221 g/mol. The lowest BCUT2D eigenvalue weighted by Crippen LogP contribution is -2.39. The fourth-order valence-electron chi connectivity index (χ4n) is 1.82. The number of carboxylic acid groups (broad SMARTS) is 1. The fourth-order valence-corrected chi connectivity index (χ4v) is 1.82. The van der Waals surface area contributed by atoms with Crippen molar-refractivity contribution in [2.45, 2.75) is 39.3 Å². The van der Waals surface area contributed by atoms with Gasteiger partial charge in [0.05, 0.1) is 6.04 Å². The Morgan fingerprint density at radius 1 is 1.31 bits per heavy atom. The maximum absolute atomic E-state index is 11.2. The molecule has 0 spiro atoms. The third-order valence-electron chi connectivity index (χ3n) is 2.99. The van der Waals surface area contributed by atoms with Gasteiger partial charge < -0.3 is 5.11 Å². The molecule has 0 radical (unpaired) electrons. The van der Waals surface area contributed by atoms with Gasteiger partial charge in [-0.1, -0.05) is 37.3 Å². The predicted octanol–water partition coefficient (Wildman–Crippen LogP) is 3.53. The minimum Gasteiger partial charge on any atom is -0.465 e. The topological polar surface area (TPSA) is 40.5 Å². The van der Waals surface area contributed by atoms with Crippen LogP contribution < -0.4 is 0 Å². The summed E-state index contributed by atoms with van der Waals surface area (Å²) in [4.78, 5) is 12.7. The first-order valence-corrected chi connectivity index (χ1v) is 5.64. The first-order valence-electron chi connectivity index (χ1n) is 5.64. The van der Waals surface area contributed by atoms with Crippen molar-refractivity contribution < 1.29 is 9.90 Å². The molecule has 0 bridgehead atoms. The van der Waals surface area contributed by atoms with Gasteiger partial charge in [0.25, 0.3) is 0 Å². The smallest absolute Gasteiger partial charge is 0.408 e. The molecule has 1 N–H and O–H groups in total. The van der Waals surface area contributed by atoms with Gasteiger partial charge in [0.2, 0.25) is 0 Å². The van der Waals surface area contributed by atoms with Gasteiger partial charge in [-0.25, -0.2) is 4.79 Å². The maximum atomic E-state index is 11.2. The minimum absolute atomic E-state index is 0.0349. The molecule has 1 amide bonds. The van der Waals surface area contributed by atoms with E-state index in [-0.39, 0.29) is 12.1 Å². The lowest BCUT2D eigenvalue weighted by Gasteiger charge is -2.31. The second-order valence-corrected chi connectivity index (χ2v) is 4.03.